The predicted molar refractivity (Wildman–Crippen MR) is 103 cm³/mol. The normalized spacial score (nSPS) is 19.1. The van der Waals surface area contributed by atoms with Crippen LogP contribution < -0.4 is 10.2 Å². The maximum Gasteiger partial charge on any atom is 0.229 e. The summed E-state index contributed by atoms with van der Waals surface area (Å²) >= 11 is 12.1. The molecule has 4 rings (SSSR count). The number of nitrogens with one attached hydrogen (secondary N) is 1. The van der Waals surface area contributed by atoms with E-state index in [0.29, 0.717) is 29.2 Å². The highest BCUT2D eigenvalue weighted by Crippen LogP contribution is 2.33. The number of ether oxygens (including phenoxy) is 2. The molecule has 138 valence electrons. The predicted octanol–water partition coefficient (Wildman–Crippen LogP) is 4.18. The number of rotatable bonds is 3. The van der Waals surface area contributed by atoms with Crippen LogP contribution >= 0.6 is 23.2 Å². The van der Waals surface area contributed by atoms with Crippen molar-refractivity contribution in [2.24, 2.45) is 0 Å². The third kappa shape index (κ3) is 3.88. The van der Waals surface area contributed by atoms with Crippen LogP contribution in [0.4, 0.5) is 17.5 Å². The van der Waals surface area contributed by atoms with Crippen LogP contribution in [-0.4, -0.2) is 42.1 Å². The van der Waals surface area contributed by atoms with E-state index in [4.69, 9.17) is 32.7 Å². The molecule has 2 saturated heterocycles. The Hall–Kier alpha value is -1.60. The highest BCUT2D eigenvalue weighted by atomic mass is 35.5. The van der Waals surface area contributed by atoms with Crippen molar-refractivity contribution >= 4 is 40.7 Å². The van der Waals surface area contributed by atoms with E-state index < -0.39 is 5.79 Å². The summed E-state index contributed by atoms with van der Waals surface area (Å²) in [6, 6.07) is 7.26. The van der Waals surface area contributed by atoms with E-state index in [1.165, 1.54) is 0 Å². The standard InChI is InChI=1S/C18H20Cl2N4O2/c1-12-8-16(24-4-2-18(3-5-24)25-6-7-26-18)23-17(21-12)22-15-10-13(19)9-14(20)11-15/h8-11H,2-7H2,1H3,(H,21,22,23). The zero-order valence-corrected chi connectivity index (χ0v) is 16.0. The van der Waals surface area contributed by atoms with Crippen molar-refractivity contribution in [3.8, 4) is 0 Å². The molecule has 0 unspecified atom stereocenters. The van der Waals surface area contributed by atoms with E-state index in [2.05, 4.69) is 20.2 Å². The molecule has 1 N–H and O–H groups in total. The van der Waals surface area contributed by atoms with Crippen LogP contribution in [0.5, 0.6) is 0 Å². The molecule has 1 spiro atoms. The molecule has 2 aromatic rings. The number of benzene rings is 1. The lowest BCUT2D eigenvalue weighted by Gasteiger charge is -2.38. The van der Waals surface area contributed by atoms with Gasteiger partial charge in [0.1, 0.15) is 5.82 Å². The molecule has 0 saturated carbocycles. The third-order valence-corrected chi connectivity index (χ3v) is 5.06. The Morgan fingerprint density at radius 3 is 2.31 bits per heavy atom. The van der Waals surface area contributed by atoms with Crippen LogP contribution in [0.3, 0.4) is 0 Å². The smallest absolute Gasteiger partial charge is 0.229 e. The van der Waals surface area contributed by atoms with E-state index in [-0.39, 0.29) is 0 Å². The molecule has 0 amide bonds. The fourth-order valence-corrected chi connectivity index (χ4v) is 3.91. The lowest BCUT2D eigenvalue weighted by atomic mass is 10.0. The van der Waals surface area contributed by atoms with E-state index in [1.807, 2.05) is 13.0 Å². The first-order valence-corrected chi connectivity index (χ1v) is 9.39. The van der Waals surface area contributed by atoms with Gasteiger partial charge in [-0.3, -0.25) is 0 Å². The van der Waals surface area contributed by atoms with Crippen molar-refractivity contribution in [3.05, 3.63) is 40.0 Å². The molecule has 26 heavy (non-hydrogen) atoms. The van der Waals surface area contributed by atoms with Crippen molar-refractivity contribution in [2.45, 2.75) is 25.6 Å². The van der Waals surface area contributed by atoms with Gasteiger partial charge in [-0.25, -0.2) is 4.98 Å². The first-order chi connectivity index (χ1) is 12.5. The second kappa shape index (κ2) is 7.19. The SMILES string of the molecule is Cc1cc(N2CCC3(CC2)OCCO3)nc(Nc2cc(Cl)cc(Cl)c2)n1. The van der Waals surface area contributed by atoms with Gasteiger partial charge in [0.25, 0.3) is 0 Å². The molecule has 3 heterocycles. The molecular weight excluding hydrogens is 375 g/mol. The zero-order chi connectivity index (χ0) is 18.1. The minimum absolute atomic E-state index is 0.392. The second-order valence-electron chi connectivity index (χ2n) is 6.57. The van der Waals surface area contributed by atoms with Gasteiger partial charge in [-0.15, -0.1) is 0 Å². The summed E-state index contributed by atoms with van der Waals surface area (Å²) in [4.78, 5) is 11.4. The number of aromatic nitrogens is 2. The summed E-state index contributed by atoms with van der Waals surface area (Å²) < 4.78 is 11.6. The molecule has 2 aliphatic heterocycles. The monoisotopic (exact) mass is 394 g/mol. The van der Waals surface area contributed by atoms with Gasteiger partial charge in [-0.05, 0) is 25.1 Å². The maximum atomic E-state index is 6.06. The largest absolute Gasteiger partial charge is 0.356 e. The summed E-state index contributed by atoms with van der Waals surface area (Å²) in [5.74, 6) is 1.02. The number of piperidine rings is 1. The quantitative estimate of drug-likeness (QED) is 0.842. The summed E-state index contributed by atoms with van der Waals surface area (Å²) in [7, 11) is 0. The van der Waals surface area contributed by atoms with Crippen LogP contribution in [0, 0.1) is 6.92 Å². The Morgan fingerprint density at radius 2 is 1.65 bits per heavy atom. The summed E-state index contributed by atoms with van der Waals surface area (Å²) in [6.07, 6.45) is 1.67. The number of hydrogen-bond donors (Lipinski definition) is 1. The Labute approximate surface area is 162 Å². The molecule has 2 fully saturated rings. The van der Waals surface area contributed by atoms with Crippen LogP contribution in [0.15, 0.2) is 24.3 Å². The van der Waals surface area contributed by atoms with Crippen molar-refractivity contribution in [2.75, 3.05) is 36.5 Å². The molecule has 6 nitrogen and oxygen atoms in total. The first-order valence-electron chi connectivity index (χ1n) is 8.63. The molecule has 0 atom stereocenters. The molecule has 2 aliphatic rings. The summed E-state index contributed by atoms with van der Waals surface area (Å²) in [5, 5.41) is 4.31. The fourth-order valence-electron chi connectivity index (χ4n) is 3.39. The average molecular weight is 395 g/mol. The molecule has 1 aromatic carbocycles. The lowest BCUT2D eigenvalue weighted by molar-refractivity contribution is -0.169. The summed E-state index contributed by atoms with van der Waals surface area (Å²) in [6.45, 7) is 4.99. The van der Waals surface area contributed by atoms with E-state index in [1.54, 1.807) is 18.2 Å². The van der Waals surface area contributed by atoms with E-state index in [0.717, 1.165) is 43.1 Å². The van der Waals surface area contributed by atoms with Gasteiger partial charge < -0.3 is 19.7 Å². The Balaban J connectivity index is 1.51. The number of hydrogen-bond acceptors (Lipinski definition) is 6. The molecule has 0 radical (unpaired) electrons. The van der Waals surface area contributed by atoms with Gasteiger partial charge in [-0.2, -0.15) is 4.98 Å². The van der Waals surface area contributed by atoms with Crippen LogP contribution in [0.25, 0.3) is 0 Å². The maximum absolute atomic E-state index is 6.06. The highest BCUT2D eigenvalue weighted by Gasteiger charge is 2.40. The number of aryl methyl sites for hydroxylation is 1. The van der Waals surface area contributed by atoms with Crippen molar-refractivity contribution in [1.29, 1.82) is 0 Å². The topological polar surface area (TPSA) is 59.5 Å². The molecule has 8 heteroatoms. The number of nitrogens with zero attached hydrogens (tertiary/aromatic N) is 3. The summed E-state index contributed by atoms with van der Waals surface area (Å²) in [5.41, 5.74) is 1.64. The van der Waals surface area contributed by atoms with E-state index in [9.17, 15) is 0 Å². The lowest BCUT2D eigenvalue weighted by Crippen LogP contribution is -2.45. The number of halogens is 2. The Bertz CT molecular complexity index is 782. The minimum Gasteiger partial charge on any atom is -0.356 e. The Kier molecular flexibility index (Phi) is 4.92. The van der Waals surface area contributed by atoms with Crippen LogP contribution in [0.1, 0.15) is 18.5 Å². The zero-order valence-electron chi connectivity index (χ0n) is 14.5. The second-order valence-corrected chi connectivity index (χ2v) is 7.44. The highest BCUT2D eigenvalue weighted by molar-refractivity contribution is 6.35. The molecular formula is C18H20Cl2N4O2. The average Bonchev–Trinajstić information content (AvgIpc) is 3.02. The molecule has 0 bridgehead atoms. The molecule has 0 aliphatic carbocycles. The molecule has 1 aromatic heterocycles. The first kappa shape index (κ1) is 17.8. The number of anilines is 3. The van der Waals surface area contributed by atoms with Gasteiger partial charge >= 0.3 is 0 Å². The van der Waals surface area contributed by atoms with Gasteiger partial charge in [0, 0.05) is 53.4 Å². The van der Waals surface area contributed by atoms with E-state index >= 15 is 0 Å². The van der Waals surface area contributed by atoms with Crippen molar-refractivity contribution in [3.63, 3.8) is 0 Å². The third-order valence-electron chi connectivity index (χ3n) is 4.62. The minimum atomic E-state index is -0.392. The fraction of sp³-hybridized carbons (Fsp3) is 0.444. The van der Waals surface area contributed by atoms with Gasteiger partial charge in [0.15, 0.2) is 5.79 Å². The van der Waals surface area contributed by atoms with Crippen LogP contribution in [-0.2, 0) is 9.47 Å². The van der Waals surface area contributed by atoms with Crippen LogP contribution in [0.2, 0.25) is 10.0 Å². The van der Waals surface area contributed by atoms with Crippen molar-refractivity contribution < 1.29 is 9.47 Å². The van der Waals surface area contributed by atoms with Crippen molar-refractivity contribution in [1.82, 2.24) is 9.97 Å². The van der Waals surface area contributed by atoms with Gasteiger partial charge in [0.2, 0.25) is 5.95 Å². The van der Waals surface area contributed by atoms with Gasteiger partial charge in [-0.1, -0.05) is 23.2 Å². The van der Waals surface area contributed by atoms with Gasteiger partial charge in [0.05, 0.1) is 13.2 Å². The Morgan fingerprint density at radius 1 is 1.00 bits per heavy atom.